The van der Waals surface area contributed by atoms with Crippen LogP contribution < -0.4 is 0 Å². The number of aromatic nitrogens is 3. The van der Waals surface area contributed by atoms with E-state index in [1.807, 2.05) is 0 Å². The zero-order valence-corrected chi connectivity index (χ0v) is 11.2. The van der Waals surface area contributed by atoms with E-state index in [4.69, 9.17) is 0 Å². The van der Waals surface area contributed by atoms with Crippen LogP contribution in [0.5, 0.6) is 0 Å². The molecular weight excluding hydrogens is 244 g/mol. The average Bonchev–Trinajstić information content (AvgIpc) is 2.97. The molecule has 1 aromatic heterocycles. The first kappa shape index (κ1) is 12.6. The second-order valence-electron chi connectivity index (χ2n) is 5.85. The van der Waals surface area contributed by atoms with Crippen molar-refractivity contribution < 1.29 is 9.90 Å². The molecule has 0 bridgehead atoms. The van der Waals surface area contributed by atoms with Crippen LogP contribution in [0.4, 0.5) is 0 Å². The van der Waals surface area contributed by atoms with Crippen LogP contribution in [0, 0.1) is 5.41 Å². The van der Waals surface area contributed by atoms with Gasteiger partial charge in [-0.05, 0) is 19.3 Å². The second-order valence-corrected chi connectivity index (χ2v) is 5.85. The van der Waals surface area contributed by atoms with Gasteiger partial charge in [-0.25, -0.2) is 0 Å². The van der Waals surface area contributed by atoms with Crippen LogP contribution in [0.25, 0.3) is 0 Å². The fraction of sp³-hybridized carbons (Fsp3) is 0.769. The maximum Gasteiger partial charge on any atom is 0.228 e. The molecule has 0 radical (unpaired) electrons. The molecule has 104 valence electrons. The zero-order chi connectivity index (χ0) is 13.5. The highest BCUT2D eigenvalue weighted by molar-refractivity contribution is 5.84. The van der Waals surface area contributed by atoms with E-state index < -0.39 is 5.60 Å². The molecule has 0 spiro atoms. The Kier molecular flexibility index (Phi) is 2.85. The number of carbonyl (C=O) groups excluding carboxylic acids is 1. The molecule has 1 atom stereocenters. The van der Waals surface area contributed by atoms with Crippen molar-refractivity contribution in [2.45, 2.75) is 44.6 Å². The lowest BCUT2D eigenvalue weighted by Gasteiger charge is -2.42. The predicted molar refractivity (Wildman–Crippen MR) is 68.1 cm³/mol. The number of β-amino-alcohol motifs (C(OH)–C–C–N with tert-alkyl or cyclic N) is 1. The fourth-order valence-electron chi connectivity index (χ4n) is 3.26. The Bertz CT molecular complexity index is 463. The Hall–Kier alpha value is -1.43. The number of aromatic amines is 1. The van der Waals surface area contributed by atoms with E-state index >= 15 is 0 Å². The minimum absolute atomic E-state index is 0.158. The van der Waals surface area contributed by atoms with Gasteiger partial charge in [-0.3, -0.25) is 4.79 Å². The molecule has 3 rings (SSSR count). The molecule has 2 fully saturated rings. The van der Waals surface area contributed by atoms with Gasteiger partial charge in [0.1, 0.15) is 11.3 Å². The van der Waals surface area contributed by atoms with Gasteiger partial charge in [0.15, 0.2) is 0 Å². The summed E-state index contributed by atoms with van der Waals surface area (Å²) in [5.74, 6) is 0.209. The topological polar surface area (TPSA) is 82.1 Å². The first-order valence-corrected chi connectivity index (χ1v) is 6.98. The molecule has 19 heavy (non-hydrogen) atoms. The minimum Gasteiger partial charge on any atom is -0.381 e. The van der Waals surface area contributed by atoms with Gasteiger partial charge in [0.2, 0.25) is 5.91 Å². The van der Waals surface area contributed by atoms with Crippen molar-refractivity contribution in [2.75, 3.05) is 13.1 Å². The van der Waals surface area contributed by atoms with E-state index in [0.29, 0.717) is 25.2 Å². The number of hydrogen-bond donors (Lipinski definition) is 2. The monoisotopic (exact) mass is 264 g/mol. The van der Waals surface area contributed by atoms with Gasteiger partial charge in [0.25, 0.3) is 0 Å². The number of aliphatic hydroxyl groups is 1. The summed E-state index contributed by atoms with van der Waals surface area (Å²) in [6, 6.07) is 0. The first-order valence-electron chi connectivity index (χ1n) is 6.98. The van der Waals surface area contributed by atoms with Crippen LogP contribution in [0.3, 0.4) is 0 Å². The Morgan fingerprint density at radius 1 is 1.53 bits per heavy atom. The molecule has 1 saturated heterocycles. The largest absolute Gasteiger partial charge is 0.381 e. The lowest BCUT2D eigenvalue weighted by Crippen LogP contribution is -2.47. The number of likely N-dealkylation sites (tertiary alicyclic amines) is 1. The minimum atomic E-state index is -1.04. The molecule has 0 unspecified atom stereocenters. The molecule has 1 saturated carbocycles. The van der Waals surface area contributed by atoms with Crippen LogP contribution in [0.1, 0.15) is 44.7 Å². The first-order chi connectivity index (χ1) is 9.10. The summed E-state index contributed by atoms with van der Waals surface area (Å²) in [5, 5.41) is 20.8. The third kappa shape index (κ3) is 1.85. The lowest BCUT2D eigenvalue weighted by atomic mass is 9.66. The highest BCUT2D eigenvalue weighted by atomic mass is 16.3. The average molecular weight is 264 g/mol. The van der Waals surface area contributed by atoms with Crippen molar-refractivity contribution in [3.63, 3.8) is 0 Å². The van der Waals surface area contributed by atoms with E-state index in [-0.39, 0.29) is 11.3 Å². The highest BCUT2D eigenvalue weighted by Gasteiger charge is 2.49. The Morgan fingerprint density at radius 2 is 2.32 bits per heavy atom. The molecule has 6 nitrogen and oxygen atoms in total. The Morgan fingerprint density at radius 3 is 2.84 bits per heavy atom. The third-order valence-electron chi connectivity index (χ3n) is 4.87. The van der Waals surface area contributed by atoms with Crippen molar-refractivity contribution in [3.8, 4) is 0 Å². The number of nitrogens with one attached hydrogen (secondary N) is 1. The maximum atomic E-state index is 12.6. The van der Waals surface area contributed by atoms with E-state index in [2.05, 4.69) is 22.3 Å². The summed E-state index contributed by atoms with van der Waals surface area (Å²) < 4.78 is 0. The van der Waals surface area contributed by atoms with Crippen LogP contribution in [-0.4, -0.2) is 44.4 Å². The molecule has 1 aliphatic heterocycles. The van der Waals surface area contributed by atoms with Gasteiger partial charge in [-0.1, -0.05) is 13.3 Å². The van der Waals surface area contributed by atoms with Gasteiger partial charge < -0.3 is 10.0 Å². The van der Waals surface area contributed by atoms with Crippen molar-refractivity contribution in [1.82, 2.24) is 20.3 Å². The Labute approximate surface area is 112 Å². The molecule has 6 heteroatoms. The number of amides is 1. The summed E-state index contributed by atoms with van der Waals surface area (Å²) in [4.78, 5) is 14.4. The van der Waals surface area contributed by atoms with Gasteiger partial charge in [0.05, 0.1) is 12.7 Å². The number of hydrogen-bond acceptors (Lipinski definition) is 4. The molecule has 2 heterocycles. The molecule has 1 aliphatic carbocycles. The van der Waals surface area contributed by atoms with Crippen molar-refractivity contribution >= 4 is 5.91 Å². The molecule has 1 amide bonds. The summed E-state index contributed by atoms with van der Waals surface area (Å²) >= 11 is 0. The second kappa shape index (κ2) is 4.30. The third-order valence-corrected chi connectivity index (χ3v) is 4.87. The highest BCUT2D eigenvalue weighted by Crippen LogP contribution is 2.46. The molecule has 1 aromatic rings. The van der Waals surface area contributed by atoms with E-state index in [9.17, 15) is 9.90 Å². The molecule has 0 aromatic carbocycles. The maximum absolute atomic E-state index is 12.6. The van der Waals surface area contributed by atoms with Crippen molar-refractivity contribution in [1.29, 1.82) is 0 Å². The summed E-state index contributed by atoms with van der Waals surface area (Å²) in [6.45, 7) is 3.01. The van der Waals surface area contributed by atoms with Crippen LogP contribution in [-0.2, 0) is 10.4 Å². The smallest absolute Gasteiger partial charge is 0.228 e. The zero-order valence-electron chi connectivity index (χ0n) is 11.2. The standard InChI is InChI=1S/C13H20N4O2/c1-2-12(4-3-5-12)11(18)17-7-6-13(19,9-17)10-8-14-16-15-10/h8,19H,2-7,9H2,1H3,(H,14,15,16)/t13-/m0/s1. The quantitative estimate of drug-likeness (QED) is 0.846. The summed E-state index contributed by atoms with van der Waals surface area (Å²) in [6.07, 6.45) is 6.08. The number of rotatable bonds is 3. The Balaban J connectivity index is 1.74. The van der Waals surface area contributed by atoms with Gasteiger partial charge in [0, 0.05) is 18.4 Å². The van der Waals surface area contributed by atoms with Crippen LogP contribution >= 0.6 is 0 Å². The van der Waals surface area contributed by atoms with Gasteiger partial charge >= 0.3 is 0 Å². The number of nitrogens with zero attached hydrogens (tertiary/aromatic N) is 3. The van der Waals surface area contributed by atoms with Crippen LogP contribution in [0.15, 0.2) is 6.20 Å². The normalized spacial score (nSPS) is 29.3. The number of carbonyl (C=O) groups is 1. The van der Waals surface area contributed by atoms with Gasteiger partial charge in [-0.15, -0.1) is 0 Å². The van der Waals surface area contributed by atoms with Gasteiger partial charge in [-0.2, -0.15) is 15.4 Å². The fourth-order valence-corrected chi connectivity index (χ4v) is 3.26. The molecule has 2 N–H and O–H groups in total. The van der Waals surface area contributed by atoms with E-state index in [1.165, 1.54) is 6.20 Å². The SMILES string of the molecule is CCC1(C(=O)N2CC[C@@](O)(c3cn[nH]n3)C2)CCC1. The van der Waals surface area contributed by atoms with Crippen molar-refractivity contribution in [2.24, 2.45) is 5.41 Å². The van der Waals surface area contributed by atoms with E-state index in [1.54, 1.807) is 4.90 Å². The van der Waals surface area contributed by atoms with E-state index in [0.717, 1.165) is 25.7 Å². The lowest BCUT2D eigenvalue weighted by molar-refractivity contribution is -0.147. The number of H-pyrrole nitrogens is 1. The summed E-state index contributed by atoms with van der Waals surface area (Å²) in [5.41, 5.74) is -0.668. The molecule has 2 aliphatic rings. The predicted octanol–water partition coefficient (Wildman–Crippen LogP) is 0.805. The van der Waals surface area contributed by atoms with Crippen LogP contribution in [0.2, 0.25) is 0 Å². The molecular formula is C13H20N4O2. The summed E-state index contributed by atoms with van der Waals surface area (Å²) in [7, 11) is 0. The van der Waals surface area contributed by atoms with Crippen molar-refractivity contribution in [3.05, 3.63) is 11.9 Å².